The van der Waals surface area contributed by atoms with E-state index in [0.717, 1.165) is 32.4 Å². The Morgan fingerprint density at radius 2 is 1.83 bits per heavy atom. The van der Waals surface area contributed by atoms with Crippen molar-refractivity contribution in [3.63, 3.8) is 0 Å². The quantitative estimate of drug-likeness (QED) is 0.316. The average Bonchev–Trinajstić information content (AvgIpc) is 2.84. The Bertz CT molecular complexity index is 1690. The van der Waals surface area contributed by atoms with Crippen LogP contribution in [0.3, 0.4) is 0 Å². The maximum absolute atomic E-state index is 12.2. The molecule has 5 rings (SSSR count). The lowest BCUT2D eigenvalue weighted by atomic mass is 10.0. The Morgan fingerprint density at radius 1 is 1.06 bits per heavy atom. The molecule has 35 heavy (non-hydrogen) atoms. The molecular formula is C25H17BrClN5O3. The first-order valence-corrected chi connectivity index (χ1v) is 11.6. The van der Waals surface area contributed by atoms with Crippen molar-refractivity contribution < 1.29 is 4.74 Å². The number of ether oxygens (including phenoxy) is 1. The SMILES string of the molecule is Cc1cc(-c2ccccc2)nc2ccc(Oc3c(Cl)cc(-n4nc(N)c(=O)[nH]c4=O)cc3Br)cc12. The van der Waals surface area contributed by atoms with Crippen molar-refractivity contribution >= 4 is 44.3 Å². The van der Waals surface area contributed by atoms with Gasteiger partial charge in [0.15, 0.2) is 5.75 Å². The predicted molar refractivity (Wildman–Crippen MR) is 140 cm³/mol. The lowest BCUT2D eigenvalue weighted by molar-refractivity contribution is 0.480. The number of nitrogens with one attached hydrogen (secondary N) is 1. The van der Waals surface area contributed by atoms with E-state index in [0.29, 0.717) is 21.7 Å². The number of rotatable bonds is 4. The largest absolute Gasteiger partial charge is 0.455 e. The van der Waals surface area contributed by atoms with E-state index in [2.05, 4.69) is 26.0 Å². The average molecular weight is 551 g/mol. The summed E-state index contributed by atoms with van der Waals surface area (Å²) < 4.78 is 7.52. The fourth-order valence-electron chi connectivity index (χ4n) is 3.67. The number of anilines is 1. The van der Waals surface area contributed by atoms with Crippen molar-refractivity contribution in [2.45, 2.75) is 6.92 Å². The summed E-state index contributed by atoms with van der Waals surface area (Å²) in [5.41, 5.74) is 8.20. The number of nitrogens with two attached hydrogens (primary N) is 1. The molecule has 0 aliphatic heterocycles. The molecule has 0 spiro atoms. The Hall–Kier alpha value is -3.95. The van der Waals surface area contributed by atoms with Gasteiger partial charge in [0.1, 0.15) is 5.75 Å². The van der Waals surface area contributed by atoms with Crippen LogP contribution in [0.1, 0.15) is 5.56 Å². The summed E-state index contributed by atoms with van der Waals surface area (Å²) in [7, 11) is 0. The van der Waals surface area contributed by atoms with Gasteiger partial charge in [0, 0.05) is 10.9 Å². The van der Waals surface area contributed by atoms with Crippen LogP contribution in [0, 0.1) is 6.92 Å². The second kappa shape index (κ2) is 9.01. The maximum Gasteiger partial charge on any atom is 0.349 e. The minimum atomic E-state index is -0.756. The molecule has 0 unspecified atom stereocenters. The third-order valence-electron chi connectivity index (χ3n) is 5.36. The van der Waals surface area contributed by atoms with Gasteiger partial charge in [-0.1, -0.05) is 41.9 Å². The monoisotopic (exact) mass is 549 g/mol. The Kier molecular flexibility index (Phi) is 5.88. The molecule has 0 radical (unpaired) electrons. The van der Waals surface area contributed by atoms with E-state index < -0.39 is 11.2 Å². The fraction of sp³-hybridized carbons (Fsp3) is 0.0400. The number of aryl methyl sites for hydroxylation is 1. The number of H-pyrrole nitrogens is 1. The van der Waals surface area contributed by atoms with Crippen LogP contribution in [0.25, 0.3) is 27.8 Å². The topological polar surface area (TPSA) is 116 Å². The van der Waals surface area contributed by atoms with E-state index in [-0.39, 0.29) is 10.8 Å². The highest BCUT2D eigenvalue weighted by Crippen LogP contribution is 2.39. The van der Waals surface area contributed by atoms with Crippen molar-refractivity contribution in [3.8, 4) is 28.4 Å². The van der Waals surface area contributed by atoms with Gasteiger partial charge in [0.25, 0.3) is 5.56 Å². The standard InChI is InChI=1S/C25H17BrClN5O3/c1-13-9-21(14-5-3-2-4-6-14)29-20-8-7-16(12-17(13)20)35-22-18(26)10-15(11-19(22)27)32-25(34)30-24(33)23(28)31-32/h2-12H,1H3,(H2,28,31)(H,30,33,34). The van der Waals surface area contributed by atoms with Crippen LogP contribution in [0.4, 0.5) is 5.82 Å². The highest BCUT2D eigenvalue weighted by atomic mass is 79.9. The van der Waals surface area contributed by atoms with Crippen molar-refractivity contribution in [3.05, 3.63) is 103 Å². The fourth-order valence-corrected chi connectivity index (χ4v) is 4.56. The highest BCUT2D eigenvalue weighted by molar-refractivity contribution is 9.10. The molecule has 0 saturated carbocycles. The Morgan fingerprint density at radius 3 is 2.57 bits per heavy atom. The van der Waals surface area contributed by atoms with E-state index in [9.17, 15) is 9.59 Å². The summed E-state index contributed by atoms with van der Waals surface area (Å²) in [5, 5.41) is 5.00. The third kappa shape index (κ3) is 4.43. The number of pyridine rings is 1. The summed E-state index contributed by atoms with van der Waals surface area (Å²) >= 11 is 9.92. The summed E-state index contributed by atoms with van der Waals surface area (Å²) in [6.45, 7) is 2.03. The molecule has 0 atom stereocenters. The normalized spacial score (nSPS) is 11.1. The molecule has 5 aromatic rings. The molecule has 174 valence electrons. The molecule has 2 aromatic heterocycles. The van der Waals surface area contributed by atoms with Crippen molar-refractivity contribution in [1.29, 1.82) is 0 Å². The van der Waals surface area contributed by atoms with Gasteiger partial charge >= 0.3 is 5.69 Å². The smallest absolute Gasteiger partial charge is 0.349 e. The minimum absolute atomic E-state index is 0.224. The van der Waals surface area contributed by atoms with Gasteiger partial charge in [0.05, 0.1) is 26.4 Å². The number of nitrogen functional groups attached to an aromatic ring is 1. The van der Waals surface area contributed by atoms with E-state index in [4.69, 9.17) is 27.1 Å². The number of halogens is 2. The van der Waals surface area contributed by atoms with Gasteiger partial charge in [-0.25, -0.2) is 9.78 Å². The van der Waals surface area contributed by atoms with Crippen molar-refractivity contribution in [2.75, 3.05) is 5.73 Å². The van der Waals surface area contributed by atoms with Crippen LogP contribution in [-0.2, 0) is 0 Å². The van der Waals surface area contributed by atoms with Gasteiger partial charge < -0.3 is 10.5 Å². The van der Waals surface area contributed by atoms with Crippen LogP contribution in [0.2, 0.25) is 5.02 Å². The van der Waals surface area contributed by atoms with Crippen molar-refractivity contribution in [1.82, 2.24) is 19.7 Å². The molecule has 0 amide bonds. The number of aromatic amines is 1. The second-order valence-electron chi connectivity index (χ2n) is 7.77. The summed E-state index contributed by atoms with van der Waals surface area (Å²) in [4.78, 5) is 30.6. The second-order valence-corrected chi connectivity index (χ2v) is 9.03. The molecule has 0 aliphatic carbocycles. The van der Waals surface area contributed by atoms with Crippen LogP contribution in [0.15, 0.2) is 80.8 Å². The lowest BCUT2D eigenvalue weighted by Crippen LogP contribution is -2.33. The molecule has 8 nitrogen and oxygen atoms in total. The van der Waals surface area contributed by atoms with Gasteiger partial charge in [0.2, 0.25) is 5.82 Å². The highest BCUT2D eigenvalue weighted by Gasteiger charge is 2.15. The van der Waals surface area contributed by atoms with Crippen LogP contribution >= 0.6 is 27.5 Å². The molecule has 0 aliphatic rings. The predicted octanol–water partition coefficient (Wildman–Crippen LogP) is 5.23. The maximum atomic E-state index is 12.2. The first kappa shape index (κ1) is 22.8. The summed E-state index contributed by atoms with van der Waals surface area (Å²) in [6, 6.07) is 20.7. The van der Waals surface area contributed by atoms with E-state index in [1.165, 1.54) is 6.07 Å². The number of hydrogen-bond donors (Lipinski definition) is 2. The van der Waals surface area contributed by atoms with Gasteiger partial charge in [-0.05, 0) is 64.8 Å². The number of nitrogens with zero attached hydrogens (tertiary/aromatic N) is 3. The molecular weight excluding hydrogens is 534 g/mol. The molecule has 3 aromatic carbocycles. The zero-order valence-electron chi connectivity index (χ0n) is 18.3. The van der Waals surface area contributed by atoms with Crippen LogP contribution < -0.4 is 21.7 Å². The first-order valence-electron chi connectivity index (χ1n) is 10.4. The Labute approximate surface area is 212 Å². The lowest BCUT2D eigenvalue weighted by Gasteiger charge is -2.14. The van der Waals surface area contributed by atoms with E-state index in [1.807, 2.05) is 61.5 Å². The molecule has 2 heterocycles. The van der Waals surface area contributed by atoms with Gasteiger partial charge in [-0.2, -0.15) is 4.68 Å². The van der Waals surface area contributed by atoms with Gasteiger partial charge in [-0.15, -0.1) is 5.10 Å². The summed E-state index contributed by atoms with van der Waals surface area (Å²) in [6.07, 6.45) is 0. The molecule has 0 fully saturated rings. The zero-order chi connectivity index (χ0) is 24.7. The van der Waals surface area contributed by atoms with E-state index in [1.54, 1.807) is 6.07 Å². The van der Waals surface area contributed by atoms with Gasteiger partial charge in [-0.3, -0.25) is 9.78 Å². The molecule has 0 saturated heterocycles. The van der Waals surface area contributed by atoms with Crippen molar-refractivity contribution in [2.24, 2.45) is 0 Å². The van der Waals surface area contributed by atoms with E-state index >= 15 is 0 Å². The molecule has 3 N–H and O–H groups in total. The summed E-state index contributed by atoms with van der Waals surface area (Å²) in [5.74, 6) is 0.577. The van der Waals surface area contributed by atoms with Crippen LogP contribution in [0.5, 0.6) is 11.5 Å². The number of hydrogen-bond acceptors (Lipinski definition) is 6. The number of fused-ring (bicyclic) bond motifs is 1. The Balaban J connectivity index is 1.50. The van der Waals surface area contributed by atoms with Crippen LogP contribution in [-0.4, -0.2) is 19.7 Å². The molecule has 0 bridgehead atoms. The molecule has 10 heteroatoms. The third-order valence-corrected chi connectivity index (χ3v) is 6.23. The number of aromatic nitrogens is 4. The zero-order valence-corrected chi connectivity index (χ0v) is 20.6. The minimum Gasteiger partial charge on any atom is -0.455 e. The number of benzene rings is 3. The first-order chi connectivity index (χ1) is 16.8.